The third kappa shape index (κ3) is 8.31. The molecular weight excluding hydrogens is 587 g/mol. The van der Waals surface area contributed by atoms with Crippen LogP contribution in [0.3, 0.4) is 0 Å². The topological polar surface area (TPSA) is 141 Å². The summed E-state index contributed by atoms with van der Waals surface area (Å²) in [5, 5.41) is 6.01. The summed E-state index contributed by atoms with van der Waals surface area (Å²) in [5.41, 5.74) is 8.27. The van der Waals surface area contributed by atoms with Crippen LogP contribution in [0, 0.1) is 11.7 Å². The lowest BCUT2D eigenvalue weighted by molar-refractivity contribution is -0.137. The summed E-state index contributed by atoms with van der Waals surface area (Å²) in [6.07, 6.45) is 4.98. The molecule has 1 saturated heterocycles. The quantitative estimate of drug-likeness (QED) is 0.182. The van der Waals surface area contributed by atoms with Gasteiger partial charge in [0.05, 0.1) is 18.3 Å². The maximum atomic E-state index is 15.7. The van der Waals surface area contributed by atoms with Gasteiger partial charge in [-0.3, -0.25) is 19.2 Å². The van der Waals surface area contributed by atoms with Crippen LogP contribution in [0.15, 0.2) is 42.5 Å². The summed E-state index contributed by atoms with van der Waals surface area (Å²) in [4.78, 5) is 57.6. The predicted octanol–water partition coefficient (Wildman–Crippen LogP) is 5.64. The Morgan fingerprint density at radius 2 is 1.76 bits per heavy atom. The molecule has 0 radical (unpaired) electrons. The Kier molecular flexibility index (Phi) is 11.9. The standard InChI is InChI=1S/C35H47FN6O4/c1-5-9-22(4)19-31(44)42-18-8-10-29(42)34(45)39-25-15-16-28-26(20-25)32(36)33(40-28)23-11-13-24(14-12-23)38-30(43)21-41(17-6-2)35(46)27(37)7-3/h11-16,20,22,27,29,40H,5-10,17-19,21,37H2,1-4H3,(H,38,43)(H,39,45). The fourth-order valence-corrected chi connectivity index (χ4v) is 6.05. The Bertz CT molecular complexity index is 1540. The Morgan fingerprint density at radius 1 is 1.04 bits per heavy atom. The van der Waals surface area contributed by atoms with Gasteiger partial charge >= 0.3 is 0 Å². The van der Waals surface area contributed by atoms with Gasteiger partial charge in [-0.1, -0.05) is 52.7 Å². The first-order valence-corrected chi connectivity index (χ1v) is 16.4. The van der Waals surface area contributed by atoms with E-state index >= 15 is 4.39 Å². The number of hydrogen-bond donors (Lipinski definition) is 4. The molecular formula is C35H47FN6O4. The number of rotatable bonds is 14. The highest BCUT2D eigenvalue weighted by Gasteiger charge is 2.34. The van der Waals surface area contributed by atoms with Crippen molar-refractivity contribution in [1.29, 1.82) is 0 Å². The summed E-state index contributed by atoms with van der Waals surface area (Å²) in [5.74, 6) is -1.06. The Balaban J connectivity index is 1.42. The third-order valence-electron chi connectivity index (χ3n) is 8.54. The molecule has 3 aromatic rings. The molecule has 11 heteroatoms. The summed E-state index contributed by atoms with van der Waals surface area (Å²) < 4.78 is 15.7. The fraction of sp³-hybridized carbons (Fsp3) is 0.486. The highest BCUT2D eigenvalue weighted by Crippen LogP contribution is 2.32. The Hall–Kier alpha value is -4.25. The van der Waals surface area contributed by atoms with Gasteiger partial charge in [0.15, 0.2) is 5.82 Å². The zero-order chi connectivity index (χ0) is 33.4. The van der Waals surface area contributed by atoms with Gasteiger partial charge in [0.25, 0.3) is 0 Å². The molecule has 0 saturated carbocycles. The highest BCUT2D eigenvalue weighted by molar-refractivity contribution is 6.00. The van der Waals surface area contributed by atoms with E-state index in [9.17, 15) is 19.2 Å². The van der Waals surface area contributed by atoms with E-state index in [4.69, 9.17) is 5.73 Å². The molecule has 46 heavy (non-hydrogen) atoms. The van der Waals surface area contributed by atoms with Crippen molar-refractivity contribution in [3.05, 3.63) is 48.3 Å². The smallest absolute Gasteiger partial charge is 0.247 e. The van der Waals surface area contributed by atoms with Crippen molar-refractivity contribution in [3.63, 3.8) is 0 Å². The van der Waals surface area contributed by atoms with Crippen molar-refractivity contribution < 1.29 is 23.6 Å². The van der Waals surface area contributed by atoms with E-state index < -0.39 is 17.9 Å². The molecule has 1 fully saturated rings. The van der Waals surface area contributed by atoms with E-state index in [1.54, 1.807) is 47.4 Å². The van der Waals surface area contributed by atoms with Crippen molar-refractivity contribution in [1.82, 2.24) is 14.8 Å². The number of aromatic amines is 1. The van der Waals surface area contributed by atoms with Crippen LogP contribution in [0.1, 0.15) is 72.6 Å². The second kappa shape index (κ2) is 15.8. The number of anilines is 2. The average Bonchev–Trinajstić information content (AvgIpc) is 3.66. The minimum absolute atomic E-state index is 0.00577. The zero-order valence-electron chi connectivity index (χ0n) is 27.3. The van der Waals surface area contributed by atoms with Gasteiger partial charge in [0.2, 0.25) is 23.6 Å². The molecule has 5 N–H and O–H groups in total. The molecule has 4 amide bonds. The molecule has 2 heterocycles. The number of aromatic nitrogens is 1. The molecule has 1 aliphatic rings. The molecule has 1 aromatic heterocycles. The van der Waals surface area contributed by atoms with Crippen molar-refractivity contribution in [2.24, 2.45) is 11.7 Å². The molecule has 0 aliphatic carbocycles. The summed E-state index contributed by atoms with van der Waals surface area (Å²) in [7, 11) is 0. The van der Waals surface area contributed by atoms with E-state index in [0.29, 0.717) is 66.6 Å². The third-order valence-corrected chi connectivity index (χ3v) is 8.54. The summed E-state index contributed by atoms with van der Waals surface area (Å²) in [6, 6.07) is 10.6. The highest BCUT2D eigenvalue weighted by atomic mass is 19.1. The minimum atomic E-state index is -0.644. The molecule has 3 atom stereocenters. The molecule has 0 bridgehead atoms. The van der Waals surface area contributed by atoms with Gasteiger partial charge in [0, 0.05) is 47.4 Å². The largest absolute Gasteiger partial charge is 0.352 e. The first-order chi connectivity index (χ1) is 22.1. The van der Waals surface area contributed by atoms with E-state index in [1.165, 1.54) is 4.90 Å². The van der Waals surface area contributed by atoms with Crippen LogP contribution in [0.25, 0.3) is 22.2 Å². The number of H-pyrrole nitrogens is 1. The number of amides is 4. The zero-order valence-corrected chi connectivity index (χ0v) is 27.3. The van der Waals surface area contributed by atoms with E-state index in [0.717, 1.165) is 19.3 Å². The van der Waals surface area contributed by atoms with Crippen LogP contribution in [0.2, 0.25) is 0 Å². The van der Waals surface area contributed by atoms with Crippen LogP contribution in [0.4, 0.5) is 15.8 Å². The second-order valence-corrected chi connectivity index (χ2v) is 12.3. The lowest BCUT2D eigenvalue weighted by Gasteiger charge is -2.25. The maximum absolute atomic E-state index is 15.7. The maximum Gasteiger partial charge on any atom is 0.247 e. The van der Waals surface area contributed by atoms with Crippen molar-refractivity contribution in [2.75, 3.05) is 30.3 Å². The number of carbonyl (C=O) groups is 4. The van der Waals surface area contributed by atoms with Crippen LogP contribution in [-0.4, -0.2) is 70.1 Å². The van der Waals surface area contributed by atoms with Gasteiger partial charge in [-0.25, -0.2) is 4.39 Å². The summed E-state index contributed by atoms with van der Waals surface area (Å²) in [6.45, 7) is 8.80. The molecule has 1 aliphatic heterocycles. The minimum Gasteiger partial charge on any atom is -0.352 e. The Labute approximate surface area is 270 Å². The first kappa shape index (κ1) is 34.6. The monoisotopic (exact) mass is 634 g/mol. The van der Waals surface area contributed by atoms with Crippen LogP contribution in [0.5, 0.6) is 0 Å². The number of fused-ring (bicyclic) bond motifs is 1. The number of benzene rings is 2. The van der Waals surface area contributed by atoms with E-state index in [1.807, 2.05) is 13.8 Å². The number of halogens is 1. The fourth-order valence-electron chi connectivity index (χ4n) is 6.05. The van der Waals surface area contributed by atoms with Crippen LogP contribution < -0.4 is 16.4 Å². The van der Waals surface area contributed by atoms with Crippen molar-refractivity contribution in [2.45, 2.75) is 84.7 Å². The first-order valence-electron chi connectivity index (χ1n) is 16.4. The van der Waals surface area contributed by atoms with Crippen molar-refractivity contribution in [3.8, 4) is 11.3 Å². The Morgan fingerprint density at radius 3 is 2.43 bits per heavy atom. The molecule has 2 aromatic carbocycles. The average molecular weight is 635 g/mol. The van der Waals surface area contributed by atoms with Gasteiger partial charge in [-0.15, -0.1) is 0 Å². The number of nitrogens with one attached hydrogen (secondary N) is 3. The van der Waals surface area contributed by atoms with Gasteiger partial charge in [-0.2, -0.15) is 0 Å². The molecule has 3 unspecified atom stereocenters. The molecule has 248 valence electrons. The summed E-state index contributed by atoms with van der Waals surface area (Å²) >= 11 is 0. The second-order valence-electron chi connectivity index (χ2n) is 12.3. The molecule has 0 spiro atoms. The van der Waals surface area contributed by atoms with Gasteiger partial charge in [0.1, 0.15) is 6.04 Å². The van der Waals surface area contributed by atoms with Gasteiger partial charge in [-0.05, 0) is 61.9 Å². The van der Waals surface area contributed by atoms with Gasteiger partial charge < -0.3 is 31.2 Å². The SMILES string of the molecule is CCCC(C)CC(=O)N1CCCC1C(=O)Nc1ccc2[nH]c(-c3ccc(NC(=O)CN(CCC)C(=O)C(N)CC)cc3)c(F)c2c1. The number of carbonyl (C=O) groups excluding carboxylic acids is 4. The van der Waals surface area contributed by atoms with Crippen molar-refractivity contribution >= 4 is 45.9 Å². The molecule has 4 rings (SSSR count). The predicted molar refractivity (Wildman–Crippen MR) is 180 cm³/mol. The number of hydrogen-bond acceptors (Lipinski definition) is 5. The lowest BCUT2D eigenvalue weighted by atomic mass is 10.0. The number of nitrogens with two attached hydrogens (primary N) is 1. The number of likely N-dealkylation sites (tertiary alicyclic amines) is 1. The number of nitrogens with zero attached hydrogens (tertiary/aromatic N) is 2. The normalized spacial score (nSPS) is 15.9. The van der Waals surface area contributed by atoms with E-state index in [-0.39, 0.29) is 41.8 Å². The van der Waals surface area contributed by atoms with Crippen LogP contribution >= 0.6 is 0 Å². The lowest BCUT2D eigenvalue weighted by Crippen LogP contribution is -2.46. The van der Waals surface area contributed by atoms with E-state index in [2.05, 4.69) is 29.5 Å². The van der Waals surface area contributed by atoms with Crippen LogP contribution in [-0.2, 0) is 19.2 Å². The molecule has 10 nitrogen and oxygen atoms in total.